The molecule has 12 rings (SSSR count). The van der Waals surface area contributed by atoms with E-state index in [0.29, 0.717) is 0 Å². The van der Waals surface area contributed by atoms with E-state index >= 15 is 0 Å². The van der Waals surface area contributed by atoms with Crippen molar-refractivity contribution in [3.8, 4) is 33.4 Å². The summed E-state index contributed by atoms with van der Waals surface area (Å²) in [5, 5.41) is 12.0. The Labute approximate surface area is 347 Å². The van der Waals surface area contributed by atoms with Crippen molar-refractivity contribution >= 4 is 82.1 Å². The number of rotatable bonds is 6. The van der Waals surface area contributed by atoms with Gasteiger partial charge in [-0.25, -0.2) is 0 Å². The van der Waals surface area contributed by atoms with Crippen LogP contribution in [-0.2, 0) is 0 Å². The fourth-order valence-electron chi connectivity index (χ4n) is 9.33. The van der Waals surface area contributed by atoms with Crippen LogP contribution in [0.5, 0.6) is 0 Å². The molecule has 0 saturated carbocycles. The van der Waals surface area contributed by atoms with Gasteiger partial charge in [-0.2, -0.15) is 0 Å². The smallest absolute Gasteiger partial charge is 0.143 e. The minimum atomic E-state index is 0.890. The molecule has 1 aromatic heterocycles. The number of anilines is 3. The number of para-hydroxylation sites is 1. The Hall–Kier alpha value is -7.94. The summed E-state index contributed by atoms with van der Waals surface area (Å²) >= 11 is 0. The van der Waals surface area contributed by atoms with Crippen LogP contribution >= 0.6 is 0 Å². The van der Waals surface area contributed by atoms with Gasteiger partial charge in [-0.3, -0.25) is 0 Å². The van der Waals surface area contributed by atoms with Crippen molar-refractivity contribution in [2.45, 2.75) is 0 Å². The summed E-state index contributed by atoms with van der Waals surface area (Å²) in [6, 6.07) is 81.3. The maximum atomic E-state index is 6.54. The van der Waals surface area contributed by atoms with Gasteiger partial charge in [-0.1, -0.05) is 182 Å². The molecule has 2 nitrogen and oxygen atoms in total. The maximum absolute atomic E-state index is 6.54. The predicted molar refractivity (Wildman–Crippen MR) is 255 cm³/mol. The predicted octanol–water partition coefficient (Wildman–Crippen LogP) is 16.7. The summed E-state index contributed by atoms with van der Waals surface area (Å²) in [4.78, 5) is 2.44. The third-order valence-electron chi connectivity index (χ3n) is 12.3. The van der Waals surface area contributed by atoms with E-state index in [1.165, 1.54) is 60.0 Å². The molecule has 0 aliphatic heterocycles. The van der Waals surface area contributed by atoms with Crippen molar-refractivity contribution in [3.63, 3.8) is 0 Å². The van der Waals surface area contributed by atoms with Crippen LogP contribution in [0.25, 0.3) is 98.4 Å². The molecule has 1 heterocycles. The lowest BCUT2D eigenvalue weighted by molar-refractivity contribution is 0.672. The topological polar surface area (TPSA) is 16.4 Å². The first-order valence-corrected chi connectivity index (χ1v) is 20.6. The van der Waals surface area contributed by atoms with Crippen LogP contribution in [0.1, 0.15) is 0 Å². The van der Waals surface area contributed by atoms with Crippen molar-refractivity contribution in [1.29, 1.82) is 0 Å². The van der Waals surface area contributed by atoms with Gasteiger partial charge in [0, 0.05) is 32.8 Å². The molecule has 0 unspecified atom stereocenters. The maximum Gasteiger partial charge on any atom is 0.143 e. The van der Waals surface area contributed by atoms with Crippen LogP contribution in [0.15, 0.2) is 229 Å². The summed E-state index contributed by atoms with van der Waals surface area (Å²) in [6.07, 6.45) is 0. The summed E-state index contributed by atoms with van der Waals surface area (Å²) in [6.45, 7) is 0. The van der Waals surface area contributed by atoms with Crippen LogP contribution in [0.4, 0.5) is 17.1 Å². The van der Waals surface area contributed by atoms with Crippen molar-refractivity contribution in [1.82, 2.24) is 0 Å². The first kappa shape index (κ1) is 34.1. The van der Waals surface area contributed by atoms with Crippen LogP contribution in [0.3, 0.4) is 0 Å². The number of benzene rings is 11. The van der Waals surface area contributed by atoms with Gasteiger partial charge < -0.3 is 9.32 Å². The average molecular weight is 764 g/mol. The van der Waals surface area contributed by atoms with Crippen LogP contribution < -0.4 is 4.90 Å². The quantitative estimate of drug-likeness (QED) is 0.157. The second kappa shape index (κ2) is 13.9. The molecule has 0 aliphatic carbocycles. The van der Waals surface area contributed by atoms with Crippen molar-refractivity contribution in [3.05, 3.63) is 224 Å². The normalized spacial score (nSPS) is 11.7. The van der Waals surface area contributed by atoms with E-state index < -0.39 is 0 Å². The highest BCUT2D eigenvalue weighted by Gasteiger charge is 2.21. The monoisotopic (exact) mass is 763 g/mol. The first-order chi connectivity index (χ1) is 29.7. The molecule has 0 bridgehead atoms. The molecule has 0 atom stereocenters. The first-order valence-electron chi connectivity index (χ1n) is 20.6. The van der Waals surface area contributed by atoms with E-state index in [2.05, 4.69) is 229 Å². The molecule has 0 saturated heterocycles. The minimum Gasteiger partial charge on any atom is -0.455 e. The molecular weight excluding hydrogens is 727 g/mol. The largest absolute Gasteiger partial charge is 0.455 e. The molecule has 280 valence electrons. The Morgan fingerprint density at radius 1 is 0.283 bits per heavy atom. The van der Waals surface area contributed by atoms with Crippen LogP contribution in [0.2, 0.25) is 0 Å². The van der Waals surface area contributed by atoms with Gasteiger partial charge in [0.1, 0.15) is 11.2 Å². The molecule has 11 aromatic carbocycles. The molecule has 0 fully saturated rings. The van der Waals surface area contributed by atoms with Crippen LogP contribution in [0, 0.1) is 0 Å². The van der Waals surface area contributed by atoms with E-state index in [1.54, 1.807) is 0 Å². The summed E-state index contributed by atoms with van der Waals surface area (Å²) in [7, 11) is 0. The highest BCUT2D eigenvalue weighted by atomic mass is 16.3. The van der Waals surface area contributed by atoms with Gasteiger partial charge in [0.15, 0.2) is 0 Å². The fourth-order valence-corrected chi connectivity index (χ4v) is 9.33. The third kappa shape index (κ3) is 5.57. The average Bonchev–Trinajstić information content (AvgIpc) is 3.71. The van der Waals surface area contributed by atoms with Gasteiger partial charge in [0.05, 0.1) is 11.4 Å². The zero-order valence-corrected chi connectivity index (χ0v) is 32.7. The van der Waals surface area contributed by atoms with Crippen LogP contribution in [-0.4, -0.2) is 0 Å². The van der Waals surface area contributed by atoms with Gasteiger partial charge in [-0.05, 0) is 103 Å². The second-order valence-electron chi connectivity index (χ2n) is 15.6. The Morgan fingerprint density at radius 2 is 0.817 bits per heavy atom. The summed E-state index contributed by atoms with van der Waals surface area (Å²) in [5.74, 6) is 0. The molecule has 0 N–H and O–H groups in total. The Kier molecular flexibility index (Phi) is 7.89. The number of nitrogens with zero attached hydrogens (tertiary/aromatic N) is 1. The van der Waals surface area contributed by atoms with E-state index in [-0.39, 0.29) is 0 Å². The summed E-state index contributed by atoms with van der Waals surface area (Å²) < 4.78 is 6.54. The minimum absolute atomic E-state index is 0.890. The molecule has 0 spiro atoms. The molecule has 0 aliphatic rings. The van der Waals surface area contributed by atoms with Gasteiger partial charge in [-0.15, -0.1) is 0 Å². The van der Waals surface area contributed by atoms with Gasteiger partial charge in [0.2, 0.25) is 0 Å². The van der Waals surface area contributed by atoms with Crippen molar-refractivity contribution in [2.75, 3.05) is 4.90 Å². The number of hydrogen-bond donors (Lipinski definition) is 0. The van der Waals surface area contributed by atoms with E-state index in [9.17, 15) is 0 Å². The highest BCUT2D eigenvalue weighted by molar-refractivity contribution is 6.16. The van der Waals surface area contributed by atoms with Gasteiger partial charge >= 0.3 is 0 Å². The Balaban J connectivity index is 0.999. The zero-order valence-electron chi connectivity index (χ0n) is 32.7. The van der Waals surface area contributed by atoms with Crippen molar-refractivity contribution < 1.29 is 4.42 Å². The molecule has 12 aromatic rings. The van der Waals surface area contributed by atoms with E-state index in [1.807, 2.05) is 0 Å². The molecule has 0 amide bonds. The van der Waals surface area contributed by atoms with Gasteiger partial charge in [0.25, 0.3) is 0 Å². The highest BCUT2D eigenvalue weighted by Crippen LogP contribution is 2.46. The van der Waals surface area contributed by atoms with E-state index in [4.69, 9.17) is 4.42 Å². The zero-order chi connectivity index (χ0) is 39.6. The lowest BCUT2D eigenvalue weighted by Crippen LogP contribution is -2.11. The molecule has 60 heavy (non-hydrogen) atoms. The second-order valence-corrected chi connectivity index (χ2v) is 15.6. The van der Waals surface area contributed by atoms with E-state index in [0.717, 1.165) is 55.5 Å². The molecular formula is C58H37NO. The number of fused-ring (bicyclic) bond motifs is 9. The molecule has 0 radical (unpaired) electrons. The van der Waals surface area contributed by atoms with Crippen molar-refractivity contribution in [2.24, 2.45) is 0 Å². The summed E-state index contributed by atoms with van der Waals surface area (Å²) in [5.41, 5.74) is 12.2. The number of furan rings is 1. The standard InChI is InChI=1S/C58H37NO/c1-4-15-46-40(11-1)14-9-19-47(46)43-25-23-38(24-26-43)39-27-32-45(33-28-39)59(56-22-10-20-51-48-16-5-2-12-41(48)29-34-52(51)56)55-21-8-7-17-49(55)44-31-36-57-54(37-44)53-35-30-42-13-3-6-18-50(42)58(53)60-57/h1-37H. The fraction of sp³-hybridized carbons (Fsp3) is 0. The Morgan fingerprint density at radius 3 is 1.62 bits per heavy atom. The number of hydrogen-bond acceptors (Lipinski definition) is 2. The third-order valence-corrected chi connectivity index (χ3v) is 12.3. The Bertz CT molecular complexity index is 3590. The lowest BCUT2D eigenvalue weighted by atomic mass is 9.96. The molecule has 2 heteroatoms. The lowest BCUT2D eigenvalue weighted by Gasteiger charge is -2.29. The SMILES string of the molecule is c1ccc(N(c2ccc(-c3ccc(-c4cccc5ccccc45)cc3)cc2)c2cccc3c2ccc2ccccc23)c(-c2ccc3oc4c5ccccc5ccc4c3c2)c1.